The number of hydrogen-bond donors (Lipinski definition) is 0. The first-order valence-corrected chi connectivity index (χ1v) is 24.5. The standard InChI is InChI=1S/C59H55BN2S2/c1-36-27-52-56-53(28-36)62(43-30-37(46-34-63-54-17-13-11-15-44(46)54)29-38(31-43)47-35-64-55-18-14-12-16-45(47)55)51-26-22-41(59(8,9)10)33-49(51)60(56)48-32-40(58(5,6)7)21-25-50(48)61(52)42-23-19-39(20-24-42)57(2,3)4/h11-35H,1-10H3. The molecule has 7 aromatic carbocycles. The maximum Gasteiger partial charge on any atom is 0.252 e. The highest BCUT2D eigenvalue weighted by Gasteiger charge is 2.44. The molecule has 0 aliphatic carbocycles. The van der Waals surface area contributed by atoms with Crippen molar-refractivity contribution in [3.63, 3.8) is 0 Å². The molecule has 0 saturated carbocycles. The summed E-state index contributed by atoms with van der Waals surface area (Å²) in [6.07, 6.45) is 0. The Bertz CT molecular complexity index is 3220. The number of aryl methyl sites for hydroxylation is 1. The highest BCUT2D eigenvalue weighted by Crippen LogP contribution is 2.48. The zero-order chi connectivity index (χ0) is 44.4. The van der Waals surface area contributed by atoms with E-state index < -0.39 is 0 Å². The topological polar surface area (TPSA) is 6.48 Å². The summed E-state index contributed by atoms with van der Waals surface area (Å²) in [6.45, 7) is 23.3. The van der Waals surface area contributed by atoms with Gasteiger partial charge in [-0.1, -0.05) is 135 Å². The molecule has 2 nitrogen and oxygen atoms in total. The summed E-state index contributed by atoms with van der Waals surface area (Å²) >= 11 is 3.66. The molecule has 0 radical (unpaired) electrons. The van der Waals surface area contributed by atoms with Gasteiger partial charge in [0.15, 0.2) is 0 Å². The summed E-state index contributed by atoms with van der Waals surface area (Å²) in [6, 6.07) is 54.0. The van der Waals surface area contributed by atoms with Gasteiger partial charge in [0.2, 0.25) is 0 Å². The van der Waals surface area contributed by atoms with Gasteiger partial charge in [0.05, 0.1) is 0 Å². The van der Waals surface area contributed by atoms with Gasteiger partial charge in [-0.2, -0.15) is 0 Å². The highest BCUT2D eigenvalue weighted by atomic mass is 32.1. The molecule has 0 atom stereocenters. The van der Waals surface area contributed by atoms with E-state index in [4.69, 9.17) is 0 Å². The van der Waals surface area contributed by atoms with E-state index in [-0.39, 0.29) is 23.0 Å². The predicted octanol–water partition coefficient (Wildman–Crippen LogP) is 15.7. The van der Waals surface area contributed by atoms with Crippen molar-refractivity contribution in [1.82, 2.24) is 0 Å². The van der Waals surface area contributed by atoms with E-state index in [0.717, 1.165) is 0 Å². The molecule has 4 heterocycles. The third kappa shape index (κ3) is 6.65. The summed E-state index contributed by atoms with van der Waals surface area (Å²) in [4.78, 5) is 5.17. The van der Waals surface area contributed by atoms with Gasteiger partial charge < -0.3 is 9.80 Å². The van der Waals surface area contributed by atoms with Crippen molar-refractivity contribution in [2.75, 3.05) is 9.80 Å². The maximum atomic E-state index is 2.61. The zero-order valence-corrected chi connectivity index (χ0v) is 40.4. The van der Waals surface area contributed by atoms with Crippen molar-refractivity contribution in [3.8, 4) is 22.3 Å². The molecule has 64 heavy (non-hydrogen) atoms. The van der Waals surface area contributed by atoms with Gasteiger partial charge >= 0.3 is 0 Å². The summed E-state index contributed by atoms with van der Waals surface area (Å²) in [5.74, 6) is 0. The van der Waals surface area contributed by atoms with E-state index in [2.05, 4.69) is 229 Å². The van der Waals surface area contributed by atoms with Crippen LogP contribution in [0.3, 0.4) is 0 Å². The van der Waals surface area contributed by atoms with E-state index >= 15 is 0 Å². The Kier molecular flexibility index (Phi) is 9.31. The Morgan fingerprint density at radius 1 is 0.422 bits per heavy atom. The van der Waals surface area contributed by atoms with Crippen LogP contribution in [0.25, 0.3) is 42.4 Å². The van der Waals surface area contributed by atoms with E-state index in [1.807, 2.05) is 22.7 Å². The quantitative estimate of drug-likeness (QED) is 0.163. The molecule has 0 bridgehead atoms. The number of thiophene rings is 2. The van der Waals surface area contributed by atoms with Gasteiger partial charge in [0.1, 0.15) is 0 Å². The SMILES string of the molecule is Cc1cc2c3c(c1)N(c1cc(-c4csc5ccccc45)cc(-c4csc5ccccc45)c1)c1ccc(C(C)(C)C)cc1B3c1cc(C(C)(C)C)ccc1N2c1ccc(C(C)(C)C)cc1. The van der Waals surface area contributed by atoms with Crippen molar-refractivity contribution in [2.24, 2.45) is 0 Å². The van der Waals surface area contributed by atoms with Crippen molar-refractivity contribution < 1.29 is 0 Å². The van der Waals surface area contributed by atoms with Crippen molar-refractivity contribution in [2.45, 2.75) is 85.5 Å². The van der Waals surface area contributed by atoms with Gasteiger partial charge in [-0.25, -0.2) is 0 Å². The zero-order valence-electron chi connectivity index (χ0n) is 38.7. The number of rotatable bonds is 4. The molecule has 11 rings (SSSR count). The van der Waals surface area contributed by atoms with Crippen LogP contribution < -0.4 is 26.2 Å². The molecule has 0 amide bonds. The van der Waals surface area contributed by atoms with Crippen LogP contribution >= 0.6 is 22.7 Å². The fourth-order valence-corrected chi connectivity index (χ4v) is 12.1. The molecule has 0 N–H and O–H groups in total. The molecule has 5 heteroatoms. The van der Waals surface area contributed by atoms with Gasteiger partial charge in [-0.15, -0.1) is 22.7 Å². The Hall–Kier alpha value is -5.88. The van der Waals surface area contributed by atoms with Crippen molar-refractivity contribution >= 4 is 100 Å². The number of hydrogen-bond acceptors (Lipinski definition) is 4. The number of anilines is 6. The monoisotopic (exact) mass is 866 g/mol. The van der Waals surface area contributed by atoms with Gasteiger partial charge in [0, 0.05) is 65.4 Å². The predicted molar refractivity (Wildman–Crippen MR) is 283 cm³/mol. The van der Waals surface area contributed by atoms with E-state index in [1.54, 1.807) is 0 Å². The van der Waals surface area contributed by atoms with Gasteiger partial charge in [-0.05, 0) is 150 Å². The average Bonchev–Trinajstić information content (AvgIpc) is 3.90. The fourth-order valence-electron chi connectivity index (χ4n) is 10.2. The first-order valence-electron chi connectivity index (χ1n) is 22.8. The van der Waals surface area contributed by atoms with Crippen molar-refractivity contribution in [1.29, 1.82) is 0 Å². The number of nitrogens with zero attached hydrogens (tertiary/aromatic N) is 2. The number of fused-ring (bicyclic) bond motifs is 6. The van der Waals surface area contributed by atoms with E-state index in [9.17, 15) is 0 Å². The van der Waals surface area contributed by atoms with Crippen LogP contribution in [-0.2, 0) is 16.2 Å². The molecular weight excluding hydrogens is 812 g/mol. The fraction of sp³-hybridized carbons (Fsp3) is 0.220. The van der Waals surface area contributed by atoms with Crippen LogP contribution in [0.1, 0.15) is 84.6 Å². The summed E-state index contributed by atoms with van der Waals surface area (Å²) < 4.78 is 2.62. The van der Waals surface area contributed by atoms with Crippen LogP contribution in [-0.4, -0.2) is 6.71 Å². The Morgan fingerprint density at radius 3 is 1.33 bits per heavy atom. The Morgan fingerprint density at radius 2 is 0.859 bits per heavy atom. The van der Waals surface area contributed by atoms with Crippen LogP contribution in [0.15, 0.2) is 150 Å². The third-order valence-corrected chi connectivity index (χ3v) is 15.6. The minimum atomic E-state index is -0.0328. The van der Waals surface area contributed by atoms with Gasteiger partial charge in [0.25, 0.3) is 6.71 Å². The lowest BCUT2D eigenvalue weighted by Gasteiger charge is -2.45. The van der Waals surface area contributed by atoms with Crippen molar-refractivity contribution in [3.05, 3.63) is 173 Å². The second-order valence-electron chi connectivity index (χ2n) is 21.2. The maximum absolute atomic E-state index is 2.61. The summed E-state index contributed by atoms with van der Waals surface area (Å²) in [5, 5.41) is 7.31. The molecule has 9 aromatic rings. The van der Waals surface area contributed by atoms with Crippen LogP contribution in [0.2, 0.25) is 0 Å². The van der Waals surface area contributed by atoms with Crippen LogP contribution in [0.5, 0.6) is 0 Å². The molecule has 2 aromatic heterocycles. The van der Waals surface area contributed by atoms with E-state index in [0.29, 0.717) is 0 Å². The smallest absolute Gasteiger partial charge is 0.252 e. The Labute approximate surface area is 387 Å². The normalized spacial score (nSPS) is 13.7. The molecule has 316 valence electrons. The molecule has 0 saturated heterocycles. The summed E-state index contributed by atoms with van der Waals surface area (Å²) in [7, 11) is 0. The molecule has 2 aliphatic rings. The first-order chi connectivity index (χ1) is 30.5. The first kappa shape index (κ1) is 40.9. The molecule has 0 unspecified atom stereocenters. The van der Waals surface area contributed by atoms with Crippen LogP contribution in [0.4, 0.5) is 34.1 Å². The van der Waals surface area contributed by atoms with E-state index in [1.165, 1.54) is 115 Å². The molecule has 0 fully saturated rings. The minimum Gasteiger partial charge on any atom is -0.311 e. The molecule has 0 spiro atoms. The second-order valence-corrected chi connectivity index (χ2v) is 23.0. The molecule has 2 aliphatic heterocycles. The average molecular weight is 867 g/mol. The molecular formula is C59H55BN2S2. The highest BCUT2D eigenvalue weighted by molar-refractivity contribution is 7.18. The number of benzene rings is 7. The van der Waals surface area contributed by atoms with Gasteiger partial charge in [-0.3, -0.25) is 0 Å². The second kappa shape index (κ2) is 14.6. The lowest BCUT2D eigenvalue weighted by Crippen LogP contribution is -2.61. The van der Waals surface area contributed by atoms with Crippen LogP contribution in [0, 0.1) is 6.92 Å². The lowest BCUT2D eigenvalue weighted by atomic mass is 9.33. The summed E-state index contributed by atoms with van der Waals surface area (Å²) in [5.41, 5.74) is 21.7. The lowest BCUT2D eigenvalue weighted by molar-refractivity contribution is 0.590. The largest absolute Gasteiger partial charge is 0.311 e. The minimum absolute atomic E-state index is 0.0180. The third-order valence-electron chi connectivity index (χ3n) is 13.7. The Balaban J connectivity index is 1.23.